The van der Waals surface area contributed by atoms with E-state index in [0.717, 1.165) is 17.9 Å². The summed E-state index contributed by atoms with van der Waals surface area (Å²) in [4.78, 5) is 0. The lowest BCUT2D eigenvalue weighted by Crippen LogP contribution is -2.22. The van der Waals surface area contributed by atoms with Crippen LogP contribution >= 0.6 is 23.2 Å². The molecule has 2 nitrogen and oxygen atoms in total. The summed E-state index contributed by atoms with van der Waals surface area (Å²) in [5.74, 6) is 1.50. The number of hydrogen-bond donors (Lipinski definition) is 1. The third kappa shape index (κ3) is 4.14. The summed E-state index contributed by atoms with van der Waals surface area (Å²) >= 11 is 11.9. The molecular formula is C16H17Cl2NO. The highest BCUT2D eigenvalue weighted by Crippen LogP contribution is 2.30. The predicted octanol–water partition coefficient (Wildman–Crippen LogP) is 5.28. The average molecular weight is 310 g/mol. The van der Waals surface area contributed by atoms with Crippen LogP contribution in [0.15, 0.2) is 42.5 Å². The fourth-order valence-electron chi connectivity index (χ4n) is 1.73. The molecule has 2 aromatic rings. The van der Waals surface area contributed by atoms with Crippen molar-refractivity contribution < 1.29 is 4.74 Å². The Labute approximate surface area is 129 Å². The molecule has 2 rings (SSSR count). The summed E-state index contributed by atoms with van der Waals surface area (Å²) < 4.78 is 5.89. The van der Waals surface area contributed by atoms with Gasteiger partial charge in [0.1, 0.15) is 11.5 Å². The largest absolute Gasteiger partial charge is 0.457 e. The second kappa shape index (κ2) is 6.98. The maximum Gasteiger partial charge on any atom is 0.131 e. The molecule has 2 aromatic carbocycles. The minimum absolute atomic E-state index is 0.424. The maximum absolute atomic E-state index is 6.00. The van der Waals surface area contributed by atoms with Crippen LogP contribution in [-0.4, -0.2) is 6.04 Å². The van der Waals surface area contributed by atoms with E-state index in [-0.39, 0.29) is 0 Å². The maximum atomic E-state index is 6.00. The number of halogens is 2. The van der Waals surface area contributed by atoms with Crippen LogP contribution < -0.4 is 10.1 Å². The molecule has 0 spiro atoms. The van der Waals surface area contributed by atoms with E-state index in [9.17, 15) is 0 Å². The summed E-state index contributed by atoms with van der Waals surface area (Å²) in [5.41, 5.74) is 1.10. The molecular weight excluding hydrogens is 293 g/mol. The molecule has 0 bridgehead atoms. The molecule has 0 radical (unpaired) electrons. The first kappa shape index (κ1) is 15.2. The first-order chi connectivity index (χ1) is 9.56. The molecule has 0 aliphatic rings. The number of rotatable bonds is 5. The van der Waals surface area contributed by atoms with Gasteiger partial charge in [-0.3, -0.25) is 0 Å². The Morgan fingerprint density at radius 3 is 2.50 bits per heavy atom. The molecule has 0 amide bonds. The van der Waals surface area contributed by atoms with Crippen molar-refractivity contribution in [2.24, 2.45) is 0 Å². The SMILES string of the molecule is CC(C)NCc1ccccc1Oc1ccc(Cl)c(Cl)c1. The van der Waals surface area contributed by atoms with E-state index in [1.54, 1.807) is 18.2 Å². The molecule has 20 heavy (non-hydrogen) atoms. The van der Waals surface area contributed by atoms with Crippen LogP contribution in [0.4, 0.5) is 0 Å². The van der Waals surface area contributed by atoms with Gasteiger partial charge in [-0.05, 0) is 18.2 Å². The van der Waals surface area contributed by atoms with Gasteiger partial charge in [-0.1, -0.05) is 55.2 Å². The van der Waals surface area contributed by atoms with Crippen LogP contribution in [0.25, 0.3) is 0 Å². The van der Waals surface area contributed by atoms with Crippen molar-refractivity contribution in [2.45, 2.75) is 26.4 Å². The van der Waals surface area contributed by atoms with Gasteiger partial charge in [-0.25, -0.2) is 0 Å². The molecule has 0 fully saturated rings. The number of benzene rings is 2. The van der Waals surface area contributed by atoms with E-state index >= 15 is 0 Å². The van der Waals surface area contributed by atoms with Crippen molar-refractivity contribution in [3.05, 3.63) is 58.1 Å². The van der Waals surface area contributed by atoms with Gasteiger partial charge in [-0.2, -0.15) is 0 Å². The van der Waals surface area contributed by atoms with Crippen LogP contribution in [-0.2, 0) is 6.54 Å². The zero-order chi connectivity index (χ0) is 14.5. The topological polar surface area (TPSA) is 21.3 Å². The normalized spacial score (nSPS) is 10.8. The second-order valence-electron chi connectivity index (χ2n) is 4.82. The van der Waals surface area contributed by atoms with Crippen molar-refractivity contribution in [3.63, 3.8) is 0 Å². The summed E-state index contributed by atoms with van der Waals surface area (Å²) in [7, 11) is 0. The Balaban J connectivity index is 2.17. The van der Waals surface area contributed by atoms with Gasteiger partial charge in [0.15, 0.2) is 0 Å². The van der Waals surface area contributed by atoms with E-state index in [2.05, 4.69) is 19.2 Å². The van der Waals surface area contributed by atoms with E-state index in [1.165, 1.54) is 0 Å². The van der Waals surface area contributed by atoms with Crippen LogP contribution in [0.2, 0.25) is 10.0 Å². The molecule has 0 aliphatic carbocycles. The molecule has 0 aromatic heterocycles. The Bertz CT molecular complexity index is 584. The lowest BCUT2D eigenvalue weighted by atomic mass is 10.2. The molecule has 0 saturated heterocycles. The van der Waals surface area contributed by atoms with Gasteiger partial charge in [0.2, 0.25) is 0 Å². The van der Waals surface area contributed by atoms with Crippen LogP contribution in [0.5, 0.6) is 11.5 Å². The smallest absolute Gasteiger partial charge is 0.131 e. The Kier molecular flexibility index (Phi) is 5.30. The molecule has 0 saturated carbocycles. The molecule has 0 atom stereocenters. The molecule has 0 aliphatic heterocycles. The first-order valence-electron chi connectivity index (χ1n) is 6.50. The van der Waals surface area contributed by atoms with E-state index in [4.69, 9.17) is 27.9 Å². The van der Waals surface area contributed by atoms with E-state index < -0.39 is 0 Å². The highest BCUT2D eigenvalue weighted by Gasteiger charge is 2.06. The summed E-state index contributed by atoms with van der Waals surface area (Å²) in [6, 6.07) is 13.6. The molecule has 106 valence electrons. The van der Waals surface area contributed by atoms with Crippen molar-refractivity contribution in [2.75, 3.05) is 0 Å². The monoisotopic (exact) mass is 309 g/mol. The molecule has 0 unspecified atom stereocenters. The lowest BCUT2D eigenvalue weighted by molar-refractivity contribution is 0.469. The second-order valence-corrected chi connectivity index (χ2v) is 5.64. The Hall–Kier alpha value is -1.22. The standard InChI is InChI=1S/C16H17Cl2NO/c1-11(2)19-10-12-5-3-4-6-16(12)20-13-7-8-14(17)15(18)9-13/h3-9,11,19H,10H2,1-2H3. The van der Waals surface area contributed by atoms with Crippen LogP contribution in [0.1, 0.15) is 19.4 Å². The zero-order valence-corrected chi connectivity index (χ0v) is 13.0. The third-order valence-corrected chi connectivity index (χ3v) is 3.53. The number of ether oxygens (including phenoxy) is 1. The zero-order valence-electron chi connectivity index (χ0n) is 11.5. The first-order valence-corrected chi connectivity index (χ1v) is 7.26. The summed E-state index contributed by atoms with van der Waals surface area (Å²) in [5, 5.41) is 4.39. The van der Waals surface area contributed by atoms with Crippen LogP contribution in [0.3, 0.4) is 0 Å². The third-order valence-electron chi connectivity index (χ3n) is 2.79. The highest BCUT2D eigenvalue weighted by atomic mass is 35.5. The fraction of sp³-hybridized carbons (Fsp3) is 0.250. The fourth-order valence-corrected chi connectivity index (χ4v) is 2.02. The van der Waals surface area contributed by atoms with Gasteiger partial charge in [0, 0.05) is 24.2 Å². The predicted molar refractivity (Wildman–Crippen MR) is 85.0 cm³/mol. The Morgan fingerprint density at radius 1 is 1.05 bits per heavy atom. The van der Waals surface area contributed by atoms with Crippen molar-refractivity contribution in [1.82, 2.24) is 5.32 Å². The quantitative estimate of drug-likeness (QED) is 0.811. The number of para-hydroxylation sites is 1. The van der Waals surface area contributed by atoms with Gasteiger partial charge in [0.05, 0.1) is 10.0 Å². The van der Waals surface area contributed by atoms with Gasteiger partial charge < -0.3 is 10.1 Å². The van der Waals surface area contributed by atoms with Crippen molar-refractivity contribution in [1.29, 1.82) is 0 Å². The van der Waals surface area contributed by atoms with Crippen molar-refractivity contribution in [3.8, 4) is 11.5 Å². The summed E-state index contributed by atoms with van der Waals surface area (Å²) in [6.07, 6.45) is 0. The molecule has 0 heterocycles. The van der Waals surface area contributed by atoms with Gasteiger partial charge in [-0.15, -0.1) is 0 Å². The average Bonchev–Trinajstić information content (AvgIpc) is 2.42. The number of nitrogens with one attached hydrogen (secondary N) is 1. The van der Waals surface area contributed by atoms with Gasteiger partial charge >= 0.3 is 0 Å². The van der Waals surface area contributed by atoms with Gasteiger partial charge in [0.25, 0.3) is 0 Å². The highest BCUT2D eigenvalue weighted by molar-refractivity contribution is 6.42. The minimum atomic E-state index is 0.424. The number of hydrogen-bond acceptors (Lipinski definition) is 2. The van der Waals surface area contributed by atoms with E-state index in [0.29, 0.717) is 21.8 Å². The lowest BCUT2D eigenvalue weighted by Gasteiger charge is -2.13. The van der Waals surface area contributed by atoms with Crippen molar-refractivity contribution >= 4 is 23.2 Å². The van der Waals surface area contributed by atoms with E-state index in [1.807, 2.05) is 24.3 Å². The summed E-state index contributed by atoms with van der Waals surface area (Å²) in [6.45, 7) is 4.99. The minimum Gasteiger partial charge on any atom is -0.457 e. The molecule has 1 N–H and O–H groups in total. The van der Waals surface area contributed by atoms with Crippen LogP contribution in [0, 0.1) is 0 Å². The molecule has 4 heteroatoms. The Morgan fingerprint density at radius 2 is 1.80 bits per heavy atom.